The van der Waals surface area contributed by atoms with E-state index >= 15 is 0 Å². The Bertz CT molecular complexity index is 583. The van der Waals surface area contributed by atoms with E-state index in [9.17, 15) is 8.42 Å². The van der Waals surface area contributed by atoms with Crippen LogP contribution in [-0.2, 0) is 21.8 Å². The molecule has 3 rings (SSSR count). The van der Waals surface area contributed by atoms with Crippen molar-refractivity contribution in [1.29, 1.82) is 0 Å². The lowest BCUT2D eigenvalue weighted by Crippen LogP contribution is -2.57. The molecule has 1 spiro atoms. The van der Waals surface area contributed by atoms with Crippen LogP contribution in [0.5, 0.6) is 0 Å². The number of aryl methyl sites for hydroxylation is 2. The molecular formula is C13H21N3O3S. The highest BCUT2D eigenvalue weighted by molar-refractivity contribution is 7.89. The maximum Gasteiger partial charge on any atom is 0.259 e. The van der Waals surface area contributed by atoms with Gasteiger partial charge in [0.05, 0.1) is 0 Å². The van der Waals surface area contributed by atoms with Gasteiger partial charge in [0.15, 0.2) is 5.03 Å². The summed E-state index contributed by atoms with van der Waals surface area (Å²) in [6.07, 6.45) is 5.45. The van der Waals surface area contributed by atoms with Gasteiger partial charge >= 0.3 is 0 Å². The zero-order valence-corrected chi connectivity index (χ0v) is 12.7. The summed E-state index contributed by atoms with van der Waals surface area (Å²) >= 11 is 0. The summed E-state index contributed by atoms with van der Waals surface area (Å²) in [6, 6.07) is 0.0266. The standard InChI is InChI=1S/C13H21N3O3S/c1-10-14-12(9-16(10)2)20(17,18)15-11-3-4-13(11)5-7-19-8-6-13/h9,11,15H,3-8H2,1-2H3. The van der Waals surface area contributed by atoms with Crippen LogP contribution in [0.1, 0.15) is 31.5 Å². The Kier molecular flexibility index (Phi) is 3.38. The zero-order chi connectivity index (χ0) is 14.4. The van der Waals surface area contributed by atoms with Crippen molar-refractivity contribution in [2.24, 2.45) is 12.5 Å². The Labute approximate surface area is 119 Å². The zero-order valence-electron chi connectivity index (χ0n) is 11.9. The predicted octanol–water partition coefficient (Wildman–Crippen LogP) is 0.966. The van der Waals surface area contributed by atoms with Crippen LogP contribution in [0.25, 0.3) is 0 Å². The molecule has 1 aromatic rings. The highest BCUT2D eigenvalue weighted by Gasteiger charge is 2.49. The van der Waals surface area contributed by atoms with Crippen LogP contribution in [0, 0.1) is 12.3 Å². The molecule has 1 atom stereocenters. The van der Waals surface area contributed by atoms with Gasteiger partial charge in [-0.05, 0) is 38.0 Å². The van der Waals surface area contributed by atoms with Crippen molar-refractivity contribution in [3.05, 3.63) is 12.0 Å². The van der Waals surface area contributed by atoms with E-state index in [0.717, 1.165) is 38.9 Å². The molecule has 1 saturated carbocycles. The number of aromatic nitrogens is 2. The molecule has 1 aromatic heterocycles. The SMILES string of the molecule is Cc1nc(S(=O)(=O)NC2CCC23CCOCC3)cn1C. The lowest BCUT2D eigenvalue weighted by atomic mass is 9.60. The summed E-state index contributed by atoms with van der Waals surface area (Å²) < 4.78 is 34.8. The van der Waals surface area contributed by atoms with Crippen LogP contribution >= 0.6 is 0 Å². The third kappa shape index (κ3) is 2.27. The van der Waals surface area contributed by atoms with E-state index in [-0.39, 0.29) is 16.5 Å². The largest absolute Gasteiger partial charge is 0.381 e. The van der Waals surface area contributed by atoms with Crippen molar-refractivity contribution in [1.82, 2.24) is 14.3 Å². The summed E-state index contributed by atoms with van der Waals surface area (Å²) in [6.45, 7) is 3.27. The molecule has 1 saturated heterocycles. The van der Waals surface area contributed by atoms with Crippen molar-refractivity contribution >= 4 is 10.0 Å². The van der Waals surface area contributed by atoms with Gasteiger partial charge in [-0.15, -0.1) is 0 Å². The quantitative estimate of drug-likeness (QED) is 0.902. The van der Waals surface area contributed by atoms with E-state index in [1.807, 2.05) is 0 Å². The van der Waals surface area contributed by atoms with E-state index in [2.05, 4.69) is 9.71 Å². The van der Waals surface area contributed by atoms with Crippen molar-refractivity contribution in [3.63, 3.8) is 0 Å². The van der Waals surface area contributed by atoms with E-state index in [1.54, 1.807) is 24.7 Å². The number of imidazole rings is 1. The number of ether oxygens (including phenoxy) is 1. The van der Waals surface area contributed by atoms with Crippen LogP contribution in [0.4, 0.5) is 0 Å². The molecule has 2 fully saturated rings. The van der Waals surface area contributed by atoms with Crippen LogP contribution < -0.4 is 4.72 Å². The van der Waals surface area contributed by atoms with Crippen molar-refractivity contribution in [3.8, 4) is 0 Å². The summed E-state index contributed by atoms with van der Waals surface area (Å²) in [5.41, 5.74) is 0.106. The second-order valence-electron chi connectivity index (χ2n) is 5.92. The summed E-state index contributed by atoms with van der Waals surface area (Å²) in [5.74, 6) is 0.694. The van der Waals surface area contributed by atoms with Gasteiger partial charge in [0.2, 0.25) is 0 Å². The first-order valence-corrected chi connectivity index (χ1v) is 8.51. The maximum atomic E-state index is 12.4. The van der Waals surface area contributed by atoms with Crippen LogP contribution in [0.3, 0.4) is 0 Å². The second kappa shape index (κ2) is 4.82. The van der Waals surface area contributed by atoms with Crippen molar-refractivity contribution < 1.29 is 13.2 Å². The van der Waals surface area contributed by atoms with Crippen LogP contribution in [0.2, 0.25) is 0 Å². The number of nitrogens with zero attached hydrogens (tertiary/aromatic N) is 2. The average Bonchev–Trinajstić information content (AvgIpc) is 2.77. The minimum absolute atomic E-state index is 0.0266. The molecule has 1 aliphatic heterocycles. The summed E-state index contributed by atoms with van der Waals surface area (Å²) in [7, 11) is -1.72. The average molecular weight is 299 g/mol. The fourth-order valence-corrected chi connectivity index (χ4v) is 4.57. The van der Waals surface area contributed by atoms with Gasteiger partial charge in [0, 0.05) is 32.5 Å². The Morgan fingerprint density at radius 2 is 2.10 bits per heavy atom. The minimum Gasteiger partial charge on any atom is -0.381 e. The van der Waals surface area contributed by atoms with E-state index in [4.69, 9.17) is 4.74 Å². The third-order valence-electron chi connectivity index (χ3n) is 4.82. The smallest absolute Gasteiger partial charge is 0.259 e. The Hall–Kier alpha value is -0.920. The van der Waals surface area contributed by atoms with Crippen molar-refractivity contribution in [2.45, 2.75) is 43.7 Å². The van der Waals surface area contributed by atoms with E-state index in [0.29, 0.717) is 5.82 Å². The van der Waals surface area contributed by atoms with Gasteiger partial charge in [0.25, 0.3) is 10.0 Å². The van der Waals surface area contributed by atoms with Gasteiger partial charge in [-0.2, -0.15) is 0 Å². The third-order valence-corrected chi connectivity index (χ3v) is 6.16. The van der Waals surface area contributed by atoms with Gasteiger partial charge in [-0.25, -0.2) is 18.1 Å². The second-order valence-corrected chi connectivity index (χ2v) is 7.59. The fourth-order valence-electron chi connectivity index (χ4n) is 3.16. The first kappa shape index (κ1) is 14.0. The van der Waals surface area contributed by atoms with Gasteiger partial charge in [-0.1, -0.05) is 0 Å². The highest BCUT2D eigenvalue weighted by atomic mass is 32.2. The van der Waals surface area contributed by atoms with Crippen molar-refractivity contribution in [2.75, 3.05) is 13.2 Å². The topological polar surface area (TPSA) is 73.2 Å². The van der Waals surface area contributed by atoms with E-state index in [1.165, 1.54) is 0 Å². The van der Waals surface area contributed by atoms with Gasteiger partial charge in [0.1, 0.15) is 5.82 Å². The maximum absolute atomic E-state index is 12.4. The molecule has 112 valence electrons. The molecule has 1 unspecified atom stereocenters. The van der Waals surface area contributed by atoms with Crippen LogP contribution in [-0.4, -0.2) is 37.2 Å². The Morgan fingerprint density at radius 3 is 2.60 bits per heavy atom. The molecule has 0 aromatic carbocycles. The lowest BCUT2D eigenvalue weighted by molar-refractivity contribution is -0.0483. The molecule has 0 bridgehead atoms. The Balaban J connectivity index is 1.77. The monoisotopic (exact) mass is 299 g/mol. The number of hydrogen-bond donors (Lipinski definition) is 1. The Morgan fingerprint density at radius 1 is 1.40 bits per heavy atom. The number of nitrogens with one attached hydrogen (secondary N) is 1. The van der Waals surface area contributed by atoms with Gasteiger partial charge in [-0.3, -0.25) is 0 Å². The molecule has 20 heavy (non-hydrogen) atoms. The molecule has 2 aliphatic rings. The number of hydrogen-bond acceptors (Lipinski definition) is 4. The molecule has 6 nitrogen and oxygen atoms in total. The number of sulfonamides is 1. The summed E-state index contributed by atoms with van der Waals surface area (Å²) in [5, 5.41) is 0.117. The molecular weight excluding hydrogens is 278 g/mol. The molecule has 2 heterocycles. The van der Waals surface area contributed by atoms with Crippen LogP contribution in [0.15, 0.2) is 11.2 Å². The molecule has 1 aliphatic carbocycles. The first-order chi connectivity index (χ1) is 9.43. The highest BCUT2D eigenvalue weighted by Crippen LogP contribution is 2.49. The molecule has 1 N–H and O–H groups in total. The minimum atomic E-state index is -3.52. The fraction of sp³-hybridized carbons (Fsp3) is 0.769. The normalized spacial score (nSPS) is 25.6. The number of rotatable bonds is 3. The summed E-state index contributed by atoms with van der Waals surface area (Å²) in [4.78, 5) is 4.11. The molecule has 0 amide bonds. The molecule has 0 radical (unpaired) electrons. The van der Waals surface area contributed by atoms with E-state index < -0.39 is 10.0 Å². The lowest BCUT2D eigenvalue weighted by Gasteiger charge is -2.51. The molecule has 7 heteroatoms. The van der Waals surface area contributed by atoms with Gasteiger partial charge < -0.3 is 9.30 Å². The first-order valence-electron chi connectivity index (χ1n) is 7.03. The predicted molar refractivity (Wildman–Crippen MR) is 73.8 cm³/mol.